The van der Waals surface area contributed by atoms with Gasteiger partial charge in [-0.3, -0.25) is 0 Å². The van der Waals surface area contributed by atoms with Gasteiger partial charge in [0.1, 0.15) is 0 Å². The van der Waals surface area contributed by atoms with Gasteiger partial charge in [-0.2, -0.15) is 0 Å². The van der Waals surface area contributed by atoms with Gasteiger partial charge in [0.15, 0.2) is 0 Å². The molecule has 0 heterocycles. The summed E-state index contributed by atoms with van der Waals surface area (Å²) in [5.74, 6) is 0. The summed E-state index contributed by atoms with van der Waals surface area (Å²) < 4.78 is 14.4. The van der Waals surface area contributed by atoms with E-state index in [4.69, 9.17) is 0 Å². The molecular weight excluding hydrogens is 405 g/mol. The second-order valence-corrected chi connectivity index (χ2v) is 7.74. The number of phosphoric ester groups is 1. The van der Waals surface area contributed by atoms with Gasteiger partial charge in [-0.15, -0.1) is 0 Å². The molecular formula is C18H39K2O5P. The zero-order valence-corrected chi connectivity index (χ0v) is 24.7. The van der Waals surface area contributed by atoms with Crippen molar-refractivity contribution in [2.75, 3.05) is 6.61 Å². The molecule has 0 aliphatic carbocycles. The van der Waals surface area contributed by atoms with Gasteiger partial charge in [0, 0.05) is 0 Å². The Bertz CT molecular complexity index is 291. The maximum Gasteiger partial charge on any atom is 1.00 e. The first-order valence-electron chi connectivity index (χ1n) is 9.73. The van der Waals surface area contributed by atoms with Crippen LogP contribution < -0.4 is 113 Å². The molecule has 0 bridgehead atoms. The maximum atomic E-state index is 10.2. The Hall–Kier alpha value is 3.34. The molecule has 26 heavy (non-hydrogen) atoms. The van der Waals surface area contributed by atoms with Crippen molar-refractivity contribution >= 4 is 7.82 Å². The molecule has 0 aromatic carbocycles. The third-order valence-corrected chi connectivity index (χ3v) is 4.75. The Kier molecular flexibility index (Phi) is 40.0. The molecule has 0 radical (unpaired) electrons. The standard InChI is InChI=1S/C18H39O4P.2K.H2O/c1-2-3-4-5-6-7-8-9-10-11-12-13-14-15-16-17-18-22-23(19,20)21;;;/h2-18H2,1H3,(H2,19,20,21);;;1H2/q;2*+1;/p-2. The molecule has 0 saturated heterocycles. The number of phosphoric acid groups is 1. The number of unbranched alkanes of at least 4 members (excludes halogenated alkanes) is 15. The summed E-state index contributed by atoms with van der Waals surface area (Å²) in [6.45, 7) is 2.30. The van der Waals surface area contributed by atoms with Crippen LogP contribution in [0, 0.1) is 0 Å². The fourth-order valence-corrected chi connectivity index (χ4v) is 3.18. The quantitative estimate of drug-likeness (QED) is 0.142. The Labute approximate surface area is 247 Å². The Balaban J connectivity index is -0.000000807. The van der Waals surface area contributed by atoms with Gasteiger partial charge in [-0.25, -0.2) is 0 Å². The SMILES string of the molecule is CCCCCCCCCCCCCCCCCCOP(=O)([O-])[O-].O.[K+].[K+]. The van der Waals surface area contributed by atoms with Crippen molar-refractivity contribution < 1.29 is 127 Å². The summed E-state index contributed by atoms with van der Waals surface area (Å²) in [6, 6.07) is 0. The molecule has 0 amide bonds. The van der Waals surface area contributed by atoms with E-state index in [-0.39, 0.29) is 115 Å². The Morgan fingerprint density at radius 1 is 0.615 bits per heavy atom. The van der Waals surface area contributed by atoms with Crippen LogP contribution in [0.3, 0.4) is 0 Å². The van der Waals surface area contributed by atoms with Crippen LogP contribution in [0.25, 0.3) is 0 Å². The van der Waals surface area contributed by atoms with Crippen molar-refractivity contribution in [1.29, 1.82) is 0 Å². The van der Waals surface area contributed by atoms with Crippen LogP contribution in [-0.4, -0.2) is 12.1 Å². The van der Waals surface area contributed by atoms with Gasteiger partial charge in [-0.05, 0) is 6.42 Å². The average Bonchev–Trinajstić information content (AvgIpc) is 2.49. The van der Waals surface area contributed by atoms with Crippen LogP contribution in [0.2, 0.25) is 0 Å². The van der Waals surface area contributed by atoms with Gasteiger partial charge < -0.3 is 24.4 Å². The topological polar surface area (TPSA) is 104 Å². The van der Waals surface area contributed by atoms with Crippen LogP contribution in [0.1, 0.15) is 110 Å². The number of rotatable bonds is 18. The number of hydrogen-bond acceptors (Lipinski definition) is 4. The summed E-state index contributed by atoms with van der Waals surface area (Å²) in [5, 5.41) is 0. The van der Waals surface area contributed by atoms with E-state index >= 15 is 0 Å². The zero-order chi connectivity index (χ0) is 17.2. The number of hydrogen-bond donors (Lipinski definition) is 0. The summed E-state index contributed by atoms with van der Waals surface area (Å²) in [4.78, 5) is 20.5. The molecule has 2 N–H and O–H groups in total. The molecule has 8 heteroatoms. The van der Waals surface area contributed by atoms with E-state index in [2.05, 4.69) is 11.4 Å². The predicted octanol–water partition coefficient (Wildman–Crippen LogP) is -1.72. The van der Waals surface area contributed by atoms with Crippen LogP contribution in [0.5, 0.6) is 0 Å². The molecule has 0 unspecified atom stereocenters. The van der Waals surface area contributed by atoms with Crippen LogP contribution in [-0.2, 0) is 9.09 Å². The second-order valence-electron chi connectivity index (χ2n) is 6.58. The molecule has 0 aliphatic heterocycles. The minimum Gasteiger partial charge on any atom is -0.790 e. The monoisotopic (exact) mass is 444 g/mol. The molecule has 5 nitrogen and oxygen atoms in total. The Morgan fingerprint density at radius 2 is 0.885 bits per heavy atom. The van der Waals surface area contributed by atoms with Crippen molar-refractivity contribution in [1.82, 2.24) is 0 Å². The molecule has 0 aliphatic rings. The summed E-state index contributed by atoms with van der Waals surface area (Å²) in [5.41, 5.74) is 0. The van der Waals surface area contributed by atoms with Crippen molar-refractivity contribution in [2.24, 2.45) is 0 Å². The fourth-order valence-electron chi connectivity index (χ4n) is 2.83. The van der Waals surface area contributed by atoms with E-state index in [1.807, 2.05) is 0 Å². The van der Waals surface area contributed by atoms with Crippen molar-refractivity contribution in [3.63, 3.8) is 0 Å². The van der Waals surface area contributed by atoms with Crippen molar-refractivity contribution in [3.8, 4) is 0 Å². The first kappa shape index (κ1) is 36.7. The van der Waals surface area contributed by atoms with E-state index in [0.29, 0.717) is 6.42 Å². The third-order valence-electron chi connectivity index (χ3n) is 4.25. The predicted molar refractivity (Wildman–Crippen MR) is 96.7 cm³/mol. The summed E-state index contributed by atoms with van der Waals surface area (Å²) in [6.07, 6.45) is 20.3. The molecule has 0 rings (SSSR count). The van der Waals surface area contributed by atoms with Crippen LogP contribution in [0.15, 0.2) is 0 Å². The van der Waals surface area contributed by atoms with Crippen molar-refractivity contribution in [2.45, 2.75) is 110 Å². The molecule has 0 saturated carbocycles. The first-order valence-corrected chi connectivity index (χ1v) is 11.2. The zero-order valence-electron chi connectivity index (χ0n) is 17.6. The van der Waals surface area contributed by atoms with Gasteiger partial charge >= 0.3 is 103 Å². The van der Waals surface area contributed by atoms with Crippen LogP contribution in [0.4, 0.5) is 0 Å². The molecule has 0 atom stereocenters. The minimum atomic E-state index is -4.76. The van der Waals surface area contributed by atoms with Gasteiger partial charge in [0.2, 0.25) is 0 Å². The second kappa shape index (κ2) is 28.3. The fraction of sp³-hybridized carbons (Fsp3) is 1.00. The van der Waals surface area contributed by atoms with E-state index < -0.39 is 7.82 Å². The van der Waals surface area contributed by atoms with Gasteiger partial charge in [0.05, 0.1) is 14.4 Å². The maximum absolute atomic E-state index is 10.2. The van der Waals surface area contributed by atoms with E-state index in [9.17, 15) is 14.4 Å². The Morgan fingerprint density at radius 3 is 1.15 bits per heavy atom. The largest absolute Gasteiger partial charge is 1.00 e. The normalized spacial score (nSPS) is 10.6. The van der Waals surface area contributed by atoms with E-state index in [1.165, 1.54) is 83.5 Å². The summed E-state index contributed by atoms with van der Waals surface area (Å²) >= 11 is 0. The average molecular weight is 445 g/mol. The molecule has 0 spiro atoms. The van der Waals surface area contributed by atoms with Gasteiger partial charge in [-0.1, -0.05) is 103 Å². The van der Waals surface area contributed by atoms with Crippen LogP contribution >= 0.6 is 7.82 Å². The molecule has 148 valence electrons. The summed E-state index contributed by atoms with van der Waals surface area (Å²) in [7, 11) is -4.76. The van der Waals surface area contributed by atoms with E-state index in [1.54, 1.807) is 0 Å². The third kappa shape index (κ3) is 34.8. The van der Waals surface area contributed by atoms with E-state index in [0.717, 1.165) is 12.8 Å². The molecule has 0 aromatic rings. The van der Waals surface area contributed by atoms with Gasteiger partial charge in [0.25, 0.3) is 0 Å². The molecule has 0 aromatic heterocycles. The smallest absolute Gasteiger partial charge is 0.790 e. The minimum absolute atomic E-state index is 0. The molecule has 0 fully saturated rings. The van der Waals surface area contributed by atoms with Crippen molar-refractivity contribution in [3.05, 3.63) is 0 Å². The first-order chi connectivity index (χ1) is 11.1.